The van der Waals surface area contributed by atoms with Crippen molar-refractivity contribution in [3.63, 3.8) is 0 Å². The minimum atomic E-state index is -0.109. The van der Waals surface area contributed by atoms with E-state index in [1.807, 2.05) is 30.3 Å². The summed E-state index contributed by atoms with van der Waals surface area (Å²) in [5.41, 5.74) is 0. The van der Waals surface area contributed by atoms with Crippen molar-refractivity contribution in [3.05, 3.63) is 43.0 Å². The molecule has 1 fully saturated rings. The molecule has 0 N–H and O–H groups in total. The Kier molecular flexibility index (Phi) is 3.37. The molecule has 0 spiro atoms. The van der Waals surface area contributed by atoms with E-state index in [0.717, 1.165) is 5.75 Å². The van der Waals surface area contributed by atoms with Crippen molar-refractivity contribution in [2.45, 2.75) is 12.4 Å². The van der Waals surface area contributed by atoms with E-state index in [0.29, 0.717) is 13.2 Å². The van der Waals surface area contributed by atoms with Gasteiger partial charge in [-0.25, -0.2) is 0 Å². The maximum absolute atomic E-state index is 5.45. The van der Waals surface area contributed by atoms with Gasteiger partial charge in [0.1, 0.15) is 18.5 Å². The Labute approximate surface area is 89.3 Å². The lowest BCUT2D eigenvalue weighted by molar-refractivity contribution is 0.0323. The molecule has 1 heterocycles. The summed E-state index contributed by atoms with van der Waals surface area (Å²) in [4.78, 5) is 0. The van der Waals surface area contributed by atoms with Crippen LogP contribution in [0.15, 0.2) is 43.0 Å². The van der Waals surface area contributed by atoms with Gasteiger partial charge in [0.15, 0.2) is 6.29 Å². The Bertz CT molecular complexity index is 310. The van der Waals surface area contributed by atoms with Crippen LogP contribution in [-0.4, -0.2) is 25.6 Å². The molecule has 80 valence electrons. The SMILES string of the molecule is C=CC1OC1OCCOc1ccccc1. The Morgan fingerprint density at radius 1 is 1.27 bits per heavy atom. The molecule has 0 saturated carbocycles. The fourth-order valence-electron chi connectivity index (χ4n) is 1.25. The highest BCUT2D eigenvalue weighted by molar-refractivity contribution is 5.20. The van der Waals surface area contributed by atoms with Crippen molar-refractivity contribution in [1.29, 1.82) is 0 Å². The first-order chi connectivity index (χ1) is 7.40. The summed E-state index contributed by atoms with van der Waals surface area (Å²) in [7, 11) is 0. The van der Waals surface area contributed by atoms with Crippen molar-refractivity contribution in [2.75, 3.05) is 13.2 Å². The number of rotatable bonds is 6. The van der Waals surface area contributed by atoms with Crippen LogP contribution in [0.3, 0.4) is 0 Å². The second-order valence-electron chi connectivity index (χ2n) is 3.24. The van der Waals surface area contributed by atoms with Gasteiger partial charge in [0.05, 0.1) is 6.61 Å². The second kappa shape index (κ2) is 4.96. The van der Waals surface area contributed by atoms with Crippen molar-refractivity contribution in [3.8, 4) is 5.75 Å². The monoisotopic (exact) mass is 206 g/mol. The van der Waals surface area contributed by atoms with Crippen LogP contribution in [-0.2, 0) is 9.47 Å². The molecule has 0 bridgehead atoms. The zero-order chi connectivity index (χ0) is 10.5. The van der Waals surface area contributed by atoms with Gasteiger partial charge in [0.25, 0.3) is 0 Å². The highest BCUT2D eigenvalue weighted by atomic mass is 16.8. The fourth-order valence-corrected chi connectivity index (χ4v) is 1.25. The molecule has 1 aromatic rings. The highest BCUT2D eigenvalue weighted by Gasteiger charge is 2.36. The molecule has 3 nitrogen and oxygen atoms in total. The molecule has 1 aliphatic rings. The van der Waals surface area contributed by atoms with Crippen LogP contribution in [0.4, 0.5) is 0 Å². The number of epoxide rings is 1. The minimum absolute atomic E-state index is 0.0710. The maximum Gasteiger partial charge on any atom is 0.188 e. The van der Waals surface area contributed by atoms with Crippen LogP contribution in [0.25, 0.3) is 0 Å². The minimum Gasteiger partial charge on any atom is -0.491 e. The average molecular weight is 206 g/mol. The van der Waals surface area contributed by atoms with Crippen LogP contribution in [0.1, 0.15) is 0 Å². The number of para-hydroxylation sites is 1. The number of ether oxygens (including phenoxy) is 3. The zero-order valence-corrected chi connectivity index (χ0v) is 8.46. The summed E-state index contributed by atoms with van der Waals surface area (Å²) in [5, 5.41) is 0. The molecule has 0 amide bonds. The van der Waals surface area contributed by atoms with Crippen molar-refractivity contribution < 1.29 is 14.2 Å². The summed E-state index contributed by atoms with van der Waals surface area (Å²) in [5.74, 6) is 0.859. The Morgan fingerprint density at radius 2 is 2.07 bits per heavy atom. The largest absolute Gasteiger partial charge is 0.491 e. The Morgan fingerprint density at radius 3 is 2.73 bits per heavy atom. The van der Waals surface area contributed by atoms with Crippen LogP contribution in [0, 0.1) is 0 Å². The number of hydrogen-bond donors (Lipinski definition) is 0. The van der Waals surface area contributed by atoms with Crippen LogP contribution < -0.4 is 4.74 Å². The average Bonchev–Trinajstić information content (AvgIpc) is 3.05. The lowest BCUT2D eigenvalue weighted by Gasteiger charge is -2.04. The van der Waals surface area contributed by atoms with Gasteiger partial charge in [-0.3, -0.25) is 0 Å². The van der Waals surface area contributed by atoms with Gasteiger partial charge in [-0.05, 0) is 12.1 Å². The first-order valence-electron chi connectivity index (χ1n) is 4.97. The van der Waals surface area contributed by atoms with Gasteiger partial charge < -0.3 is 14.2 Å². The van der Waals surface area contributed by atoms with E-state index in [2.05, 4.69) is 6.58 Å². The molecule has 2 atom stereocenters. The third-order valence-corrected chi connectivity index (χ3v) is 2.09. The van der Waals surface area contributed by atoms with Crippen LogP contribution >= 0.6 is 0 Å². The predicted molar refractivity (Wildman–Crippen MR) is 56.7 cm³/mol. The quantitative estimate of drug-likeness (QED) is 0.405. The lowest BCUT2D eigenvalue weighted by atomic mass is 10.3. The summed E-state index contributed by atoms with van der Waals surface area (Å²) in [6.07, 6.45) is 1.70. The topological polar surface area (TPSA) is 31.0 Å². The summed E-state index contributed by atoms with van der Waals surface area (Å²) in [6.45, 7) is 4.68. The number of hydrogen-bond acceptors (Lipinski definition) is 3. The van der Waals surface area contributed by atoms with Crippen LogP contribution in [0.2, 0.25) is 0 Å². The first-order valence-corrected chi connectivity index (χ1v) is 4.97. The van der Waals surface area contributed by atoms with Gasteiger partial charge >= 0.3 is 0 Å². The molecule has 2 rings (SSSR count). The van der Waals surface area contributed by atoms with Gasteiger partial charge in [-0.1, -0.05) is 24.3 Å². The van der Waals surface area contributed by atoms with Gasteiger partial charge in [-0.15, -0.1) is 6.58 Å². The molecule has 1 aromatic carbocycles. The second-order valence-corrected chi connectivity index (χ2v) is 3.24. The van der Waals surface area contributed by atoms with E-state index in [1.54, 1.807) is 6.08 Å². The van der Waals surface area contributed by atoms with E-state index >= 15 is 0 Å². The van der Waals surface area contributed by atoms with E-state index in [4.69, 9.17) is 14.2 Å². The standard InChI is InChI=1S/C12H14O3/c1-2-11-12(15-11)14-9-8-13-10-6-4-3-5-7-10/h2-7,11-12H,1,8-9H2. The normalized spacial score (nSPS) is 23.5. The third-order valence-electron chi connectivity index (χ3n) is 2.09. The molecule has 0 aliphatic carbocycles. The van der Waals surface area contributed by atoms with E-state index in [-0.39, 0.29) is 12.4 Å². The molecular weight excluding hydrogens is 192 g/mol. The summed E-state index contributed by atoms with van der Waals surface area (Å²) in [6, 6.07) is 9.66. The Hall–Kier alpha value is -1.32. The van der Waals surface area contributed by atoms with Crippen molar-refractivity contribution in [2.24, 2.45) is 0 Å². The highest BCUT2D eigenvalue weighted by Crippen LogP contribution is 2.23. The first kappa shape index (κ1) is 10.2. The van der Waals surface area contributed by atoms with Gasteiger partial charge in [-0.2, -0.15) is 0 Å². The predicted octanol–water partition coefficient (Wildman–Crippen LogP) is 1.99. The molecule has 2 unspecified atom stereocenters. The maximum atomic E-state index is 5.45. The summed E-state index contributed by atoms with van der Waals surface area (Å²) < 4.78 is 15.9. The van der Waals surface area contributed by atoms with Crippen LogP contribution in [0.5, 0.6) is 5.75 Å². The molecule has 15 heavy (non-hydrogen) atoms. The van der Waals surface area contributed by atoms with E-state index < -0.39 is 0 Å². The molecule has 1 saturated heterocycles. The molecule has 3 heteroatoms. The zero-order valence-electron chi connectivity index (χ0n) is 8.46. The molecule has 1 aliphatic heterocycles. The number of benzene rings is 1. The van der Waals surface area contributed by atoms with E-state index in [1.165, 1.54) is 0 Å². The van der Waals surface area contributed by atoms with Gasteiger partial charge in [0.2, 0.25) is 0 Å². The third kappa shape index (κ3) is 3.08. The lowest BCUT2D eigenvalue weighted by Crippen LogP contribution is -2.09. The molecular formula is C12H14O3. The molecule has 0 aromatic heterocycles. The Balaban J connectivity index is 1.58. The fraction of sp³-hybridized carbons (Fsp3) is 0.333. The molecule has 0 radical (unpaired) electrons. The smallest absolute Gasteiger partial charge is 0.188 e. The van der Waals surface area contributed by atoms with Gasteiger partial charge in [0, 0.05) is 0 Å². The van der Waals surface area contributed by atoms with Crippen molar-refractivity contribution >= 4 is 0 Å². The van der Waals surface area contributed by atoms with E-state index in [9.17, 15) is 0 Å². The van der Waals surface area contributed by atoms with Crippen molar-refractivity contribution in [1.82, 2.24) is 0 Å². The summed E-state index contributed by atoms with van der Waals surface area (Å²) >= 11 is 0.